The summed E-state index contributed by atoms with van der Waals surface area (Å²) in [6.07, 6.45) is -0.647. The van der Waals surface area contributed by atoms with Gasteiger partial charge in [-0.15, -0.1) is 11.6 Å². The summed E-state index contributed by atoms with van der Waals surface area (Å²) in [6.45, 7) is -0.379. The van der Waals surface area contributed by atoms with Crippen LogP contribution >= 0.6 is 23.2 Å². The van der Waals surface area contributed by atoms with Crippen LogP contribution < -0.4 is 5.32 Å². The molecular formula is C20H17Cl2F3N4O3S2. The summed E-state index contributed by atoms with van der Waals surface area (Å²) in [5, 5.41) is 13.3. The van der Waals surface area contributed by atoms with Crippen molar-refractivity contribution in [2.75, 3.05) is 23.9 Å². The van der Waals surface area contributed by atoms with Gasteiger partial charge >= 0.3 is 6.18 Å². The van der Waals surface area contributed by atoms with Gasteiger partial charge in [-0.25, -0.2) is 13.1 Å². The van der Waals surface area contributed by atoms with E-state index in [4.69, 9.17) is 23.2 Å². The number of aromatic nitrogens is 2. The van der Waals surface area contributed by atoms with E-state index in [1.807, 2.05) is 0 Å². The van der Waals surface area contributed by atoms with Crippen molar-refractivity contribution < 1.29 is 25.8 Å². The normalized spacial score (nSPS) is 21.6. The highest BCUT2D eigenvalue weighted by molar-refractivity contribution is 7.91. The van der Waals surface area contributed by atoms with Crippen LogP contribution in [0.3, 0.4) is 0 Å². The lowest BCUT2D eigenvalue weighted by atomic mass is 9.89. The Morgan fingerprint density at radius 1 is 1.32 bits per heavy atom. The Morgan fingerprint density at radius 2 is 1.97 bits per heavy atom. The quantitative estimate of drug-likeness (QED) is 0.521. The van der Waals surface area contributed by atoms with Gasteiger partial charge in [-0.3, -0.25) is 4.21 Å². The minimum atomic E-state index is -5.10. The number of hydrogen-bond donors (Lipinski definition) is 1. The summed E-state index contributed by atoms with van der Waals surface area (Å²) in [5.41, 5.74) is -3.67. The lowest BCUT2D eigenvalue weighted by Crippen LogP contribution is -2.55. The van der Waals surface area contributed by atoms with Crippen molar-refractivity contribution in [2.24, 2.45) is 0 Å². The van der Waals surface area contributed by atoms with Crippen molar-refractivity contribution in [1.82, 2.24) is 9.78 Å². The average molecular weight is 553 g/mol. The Morgan fingerprint density at radius 3 is 2.50 bits per heavy atom. The maximum absolute atomic E-state index is 14.6. The fourth-order valence-electron chi connectivity index (χ4n) is 3.47. The maximum atomic E-state index is 14.6. The molecule has 1 heterocycles. The average Bonchev–Trinajstić information content (AvgIpc) is 3.12. The molecule has 1 aromatic heterocycles. The van der Waals surface area contributed by atoms with Crippen molar-refractivity contribution in [1.29, 1.82) is 5.26 Å². The zero-order valence-corrected chi connectivity index (χ0v) is 20.5. The molecule has 1 aliphatic carbocycles. The third-order valence-corrected chi connectivity index (χ3v) is 8.62. The summed E-state index contributed by atoms with van der Waals surface area (Å²) in [5.74, 6) is -0.974. The number of alkyl halides is 4. The first kappa shape index (κ1) is 26.3. The molecule has 0 radical (unpaired) electrons. The summed E-state index contributed by atoms with van der Waals surface area (Å²) in [6, 6.07) is 9.10. The highest BCUT2D eigenvalue weighted by atomic mass is 35.5. The van der Waals surface area contributed by atoms with Gasteiger partial charge in [0.2, 0.25) is 5.54 Å². The molecule has 0 bridgehead atoms. The van der Waals surface area contributed by atoms with Crippen LogP contribution in [-0.4, -0.2) is 52.5 Å². The molecule has 7 nitrogen and oxygen atoms in total. The second-order valence-corrected chi connectivity index (χ2v) is 11.4. The van der Waals surface area contributed by atoms with E-state index in [0.717, 1.165) is 18.4 Å². The van der Waals surface area contributed by atoms with Crippen LogP contribution in [-0.2, 0) is 26.2 Å². The Kier molecular flexibility index (Phi) is 7.52. The molecule has 0 saturated carbocycles. The summed E-state index contributed by atoms with van der Waals surface area (Å²) in [4.78, 5) is -0.301. The number of allylic oxidation sites excluding steroid dienone is 4. The van der Waals surface area contributed by atoms with Crippen LogP contribution in [0.15, 0.2) is 63.4 Å². The molecule has 34 heavy (non-hydrogen) atoms. The topological polar surface area (TPSA) is 105 Å². The van der Waals surface area contributed by atoms with Crippen LogP contribution in [0.2, 0.25) is 0 Å². The van der Waals surface area contributed by atoms with Crippen LogP contribution in [0.1, 0.15) is 5.69 Å². The highest BCUT2D eigenvalue weighted by Gasteiger charge is 2.65. The lowest BCUT2D eigenvalue weighted by molar-refractivity contribution is -0.200. The zero-order valence-electron chi connectivity index (χ0n) is 17.4. The molecule has 0 aliphatic heterocycles. The van der Waals surface area contributed by atoms with E-state index in [1.54, 1.807) is 12.1 Å². The van der Waals surface area contributed by atoms with Gasteiger partial charge in [-0.05, 0) is 18.2 Å². The molecule has 3 unspecified atom stereocenters. The summed E-state index contributed by atoms with van der Waals surface area (Å²) < 4.78 is 81.7. The van der Waals surface area contributed by atoms with E-state index < -0.39 is 60.0 Å². The number of halogens is 5. The second kappa shape index (κ2) is 9.73. The first-order chi connectivity index (χ1) is 15.9. The van der Waals surface area contributed by atoms with Crippen molar-refractivity contribution in [3.8, 4) is 6.07 Å². The molecule has 1 N–H and O–H groups in total. The second-order valence-electron chi connectivity index (χ2n) is 7.13. The van der Waals surface area contributed by atoms with E-state index >= 15 is 0 Å². The lowest BCUT2D eigenvalue weighted by Gasteiger charge is -2.40. The Hall–Kier alpha value is -2.33. The number of sulfone groups is 1. The number of nitriles is 1. The maximum Gasteiger partial charge on any atom is 0.420 e. The number of anilines is 1. The number of hydrogen-bond acceptors (Lipinski definition) is 6. The highest BCUT2D eigenvalue weighted by Crippen LogP contribution is 2.52. The molecule has 1 aromatic carbocycles. The summed E-state index contributed by atoms with van der Waals surface area (Å²) in [7, 11) is -5.77. The molecule has 3 atom stereocenters. The van der Waals surface area contributed by atoms with Gasteiger partial charge in [0.1, 0.15) is 16.8 Å². The molecule has 3 rings (SSSR count). The monoisotopic (exact) mass is 552 g/mol. The smallest absolute Gasteiger partial charge is 0.368 e. The van der Waals surface area contributed by atoms with Crippen molar-refractivity contribution in [3.05, 3.63) is 59.3 Å². The predicted molar refractivity (Wildman–Crippen MR) is 123 cm³/mol. The minimum Gasteiger partial charge on any atom is -0.368 e. The molecule has 182 valence electrons. The van der Waals surface area contributed by atoms with Gasteiger partial charge in [0, 0.05) is 12.8 Å². The van der Waals surface area contributed by atoms with Gasteiger partial charge in [-0.1, -0.05) is 42.0 Å². The Bertz CT molecular complexity index is 1320. The van der Waals surface area contributed by atoms with Gasteiger partial charge < -0.3 is 5.32 Å². The van der Waals surface area contributed by atoms with Gasteiger partial charge in [0.15, 0.2) is 15.5 Å². The van der Waals surface area contributed by atoms with Crippen LogP contribution in [0.5, 0.6) is 0 Å². The number of rotatable bonds is 7. The van der Waals surface area contributed by atoms with Gasteiger partial charge in [0.05, 0.1) is 31.9 Å². The van der Waals surface area contributed by atoms with E-state index in [2.05, 4.69) is 10.4 Å². The third-order valence-electron chi connectivity index (χ3n) is 5.05. The fourth-order valence-corrected chi connectivity index (χ4v) is 6.29. The van der Waals surface area contributed by atoms with Gasteiger partial charge in [-0.2, -0.15) is 23.5 Å². The molecule has 0 amide bonds. The van der Waals surface area contributed by atoms with Crippen LogP contribution in [0.4, 0.5) is 19.0 Å². The van der Waals surface area contributed by atoms with Crippen molar-refractivity contribution >= 4 is 49.7 Å². The first-order valence-corrected chi connectivity index (χ1v) is 13.5. The largest absolute Gasteiger partial charge is 0.420 e. The molecular weight excluding hydrogens is 536 g/mol. The zero-order chi connectivity index (χ0) is 25.3. The van der Waals surface area contributed by atoms with E-state index in [0.29, 0.717) is 4.68 Å². The fraction of sp³-hybridized carbons (Fsp3) is 0.300. The third kappa shape index (κ3) is 4.49. The minimum absolute atomic E-state index is 0.0262. The van der Waals surface area contributed by atoms with E-state index in [1.165, 1.54) is 30.3 Å². The van der Waals surface area contributed by atoms with E-state index in [-0.39, 0.29) is 16.3 Å². The Labute approximate surface area is 206 Å². The molecule has 14 heteroatoms. The molecule has 0 fully saturated rings. The number of benzene rings is 1. The molecule has 2 aromatic rings. The van der Waals surface area contributed by atoms with Crippen molar-refractivity contribution in [3.63, 3.8) is 0 Å². The standard InChI is InChI=1S/C20H17Cl2F3N4O3S2/c1-33(30)17-14(12-26)28-29(19(20(23,24)25)15(21)8-5-9-16(19)22)18(17)27-10-11-34(31,32)13-6-3-2-4-7-13/h2-9,15,27H,10-11H2,1H3. The van der Waals surface area contributed by atoms with Crippen LogP contribution in [0, 0.1) is 11.3 Å². The summed E-state index contributed by atoms with van der Waals surface area (Å²) >= 11 is 12.2. The number of nitrogens with zero attached hydrogens (tertiary/aromatic N) is 3. The molecule has 0 spiro atoms. The van der Waals surface area contributed by atoms with Gasteiger partial charge in [0.25, 0.3) is 0 Å². The number of nitrogens with one attached hydrogen (secondary N) is 1. The van der Waals surface area contributed by atoms with E-state index in [9.17, 15) is 31.1 Å². The SMILES string of the molecule is CS(=O)c1c(C#N)nn(C2(C(F)(F)F)C(Cl)=CC=CC2Cl)c1NCCS(=O)(=O)c1ccccc1. The molecule has 1 aliphatic rings. The van der Waals surface area contributed by atoms with Crippen molar-refractivity contribution in [2.45, 2.75) is 26.9 Å². The molecule has 0 saturated heterocycles. The van der Waals surface area contributed by atoms with Crippen LogP contribution in [0.25, 0.3) is 0 Å². The first-order valence-electron chi connectivity index (χ1n) is 9.52. The Balaban J connectivity index is 2.13. The predicted octanol–water partition coefficient (Wildman–Crippen LogP) is 3.94.